The van der Waals surface area contributed by atoms with Crippen molar-refractivity contribution in [3.8, 4) is 5.75 Å². The molecule has 3 rings (SSSR count). The maximum absolute atomic E-state index is 12.9. The van der Waals surface area contributed by atoms with E-state index in [-0.39, 0.29) is 12.5 Å². The highest BCUT2D eigenvalue weighted by Gasteiger charge is 2.34. The topological polar surface area (TPSA) is 80.3 Å². The zero-order valence-electron chi connectivity index (χ0n) is 16.1. The first kappa shape index (κ1) is 21.8. The molecule has 160 valence electrons. The van der Waals surface area contributed by atoms with Gasteiger partial charge in [0.2, 0.25) is 0 Å². The fourth-order valence-electron chi connectivity index (χ4n) is 2.63. The first-order valence-electron chi connectivity index (χ1n) is 9.19. The third-order valence-corrected chi connectivity index (χ3v) is 4.20. The molecule has 0 aliphatic heterocycles. The van der Waals surface area contributed by atoms with E-state index in [2.05, 4.69) is 15.6 Å². The summed E-state index contributed by atoms with van der Waals surface area (Å²) in [4.78, 5) is 27.9. The second-order valence-electron chi connectivity index (χ2n) is 6.45. The summed E-state index contributed by atoms with van der Waals surface area (Å²) in [6.45, 7) is -0.394. The van der Waals surface area contributed by atoms with E-state index in [1.54, 1.807) is 36.4 Å². The van der Waals surface area contributed by atoms with Crippen LogP contribution < -0.4 is 15.4 Å². The highest BCUT2D eigenvalue weighted by Crippen LogP contribution is 2.35. The zero-order chi connectivity index (χ0) is 22.3. The second-order valence-corrected chi connectivity index (χ2v) is 6.45. The van der Waals surface area contributed by atoms with Crippen LogP contribution in [0.2, 0.25) is 0 Å². The average molecular weight is 429 g/mol. The Kier molecular flexibility index (Phi) is 6.86. The van der Waals surface area contributed by atoms with Crippen molar-refractivity contribution < 1.29 is 27.5 Å². The van der Waals surface area contributed by atoms with Gasteiger partial charge in [-0.2, -0.15) is 13.2 Å². The van der Waals surface area contributed by atoms with Crippen LogP contribution in [0.5, 0.6) is 5.75 Å². The van der Waals surface area contributed by atoms with Gasteiger partial charge in [-0.15, -0.1) is 0 Å². The van der Waals surface area contributed by atoms with E-state index in [0.29, 0.717) is 11.3 Å². The summed E-state index contributed by atoms with van der Waals surface area (Å²) < 4.78 is 43.9. The standard InChI is InChI=1S/C22H18F3N3O3/c23-22(24,25)18-3-1-2-4-19(18)31-14-20(29)27-13-15-5-7-17(8-6-15)28-21(30)16-9-11-26-12-10-16/h1-12H,13-14H2,(H,27,29)(H,28,30). The van der Waals surface area contributed by atoms with Crippen molar-refractivity contribution in [2.24, 2.45) is 0 Å². The second kappa shape index (κ2) is 9.75. The Hall–Kier alpha value is -3.88. The molecule has 0 bridgehead atoms. The van der Waals surface area contributed by atoms with Crippen LogP contribution in [0.15, 0.2) is 73.1 Å². The summed E-state index contributed by atoms with van der Waals surface area (Å²) in [5.74, 6) is -1.24. The molecule has 2 N–H and O–H groups in total. The number of nitrogens with one attached hydrogen (secondary N) is 2. The number of nitrogens with zero attached hydrogens (tertiary/aromatic N) is 1. The minimum absolute atomic E-state index is 0.154. The fourth-order valence-corrected chi connectivity index (χ4v) is 2.63. The van der Waals surface area contributed by atoms with Crippen LogP contribution in [0.1, 0.15) is 21.5 Å². The van der Waals surface area contributed by atoms with Gasteiger partial charge in [0.1, 0.15) is 5.75 Å². The summed E-state index contributed by atoms with van der Waals surface area (Å²) >= 11 is 0. The molecule has 0 aliphatic carbocycles. The van der Waals surface area contributed by atoms with Crippen molar-refractivity contribution in [3.05, 3.63) is 89.7 Å². The number of ether oxygens (including phenoxy) is 1. The van der Waals surface area contributed by atoms with Crippen molar-refractivity contribution in [1.29, 1.82) is 0 Å². The largest absolute Gasteiger partial charge is 0.483 e. The number of carbonyl (C=O) groups excluding carboxylic acids is 2. The number of hydrogen-bond donors (Lipinski definition) is 2. The van der Waals surface area contributed by atoms with Crippen molar-refractivity contribution in [1.82, 2.24) is 10.3 Å². The lowest BCUT2D eigenvalue weighted by Gasteiger charge is -2.13. The van der Waals surface area contributed by atoms with Crippen LogP contribution in [-0.4, -0.2) is 23.4 Å². The lowest BCUT2D eigenvalue weighted by atomic mass is 10.2. The molecule has 0 aliphatic rings. The smallest absolute Gasteiger partial charge is 0.419 e. The van der Waals surface area contributed by atoms with Crippen LogP contribution in [0.3, 0.4) is 0 Å². The van der Waals surface area contributed by atoms with Crippen LogP contribution in [0.25, 0.3) is 0 Å². The number of pyridine rings is 1. The van der Waals surface area contributed by atoms with Gasteiger partial charge in [-0.1, -0.05) is 24.3 Å². The number of para-hydroxylation sites is 1. The van der Waals surface area contributed by atoms with Crippen LogP contribution in [-0.2, 0) is 17.5 Å². The summed E-state index contributed by atoms with van der Waals surface area (Å²) in [6, 6.07) is 14.7. The first-order chi connectivity index (χ1) is 14.8. The Balaban J connectivity index is 1.48. The van der Waals surface area contributed by atoms with Gasteiger partial charge in [0.25, 0.3) is 11.8 Å². The van der Waals surface area contributed by atoms with E-state index in [9.17, 15) is 22.8 Å². The minimum atomic E-state index is -4.57. The Labute approximate surface area is 176 Å². The molecule has 0 radical (unpaired) electrons. The number of anilines is 1. The van der Waals surface area contributed by atoms with Crippen molar-refractivity contribution in [3.63, 3.8) is 0 Å². The fraction of sp³-hybridized carbons (Fsp3) is 0.136. The lowest BCUT2D eigenvalue weighted by molar-refractivity contribution is -0.139. The number of amides is 2. The normalized spacial score (nSPS) is 10.9. The summed E-state index contributed by atoms with van der Waals surface area (Å²) in [7, 11) is 0. The molecule has 6 nitrogen and oxygen atoms in total. The number of halogens is 3. The van der Waals surface area contributed by atoms with Crippen molar-refractivity contribution in [2.45, 2.75) is 12.7 Å². The van der Waals surface area contributed by atoms with Gasteiger partial charge in [-0.05, 0) is 42.0 Å². The van der Waals surface area contributed by atoms with Gasteiger partial charge in [-0.25, -0.2) is 0 Å². The Bertz CT molecular complexity index is 1040. The molecular weight excluding hydrogens is 411 g/mol. The van der Waals surface area contributed by atoms with Gasteiger partial charge >= 0.3 is 6.18 Å². The maximum atomic E-state index is 12.9. The molecule has 0 unspecified atom stereocenters. The van der Waals surface area contributed by atoms with Gasteiger partial charge < -0.3 is 15.4 Å². The highest BCUT2D eigenvalue weighted by atomic mass is 19.4. The molecule has 1 heterocycles. The molecule has 31 heavy (non-hydrogen) atoms. The number of hydrogen-bond acceptors (Lipinski definition) is 4. The Morgan fingerprint density at radius 1 is 0.935 bits per heavy atom. The monoisotopic (exact) mass is 429 g/mol. The van der Waals surface area contributed by atoms with Crippen LogP contribution >= 0.6 is 0 Å². The third-order valence-electron chi connectivity index (χ3n) is 4.20. The highest BCUT2D eigenvalue weighted by molar-refractivity contribution is 6.04. The molecule has 2 aromatic carbocycles. The molecule has 0 saturated heterocycles. The number of benzene rings is 2. The van der Waals surface area contributed by atoms with E-state index in [1.165, 1.54) is 24.5 Å². The van der Waals surface area contributed by atoms with Gasteiger partial charge in [0, 0.05) is 30.2 Å². The van der Waals surface area contributed by atoms with Crippen LogP contribution in [0.4, 0.5) is 18.9 Å². The maximum Gasteiger partial charge on any atom is 0.419 e. The average Bonchev–Trinajstić information content (AvgIpc) is 2.77. The summed E-state index contributed by atoms with van der Waals surface area (Å²) in [5, 5.41) is 5.31. The number of aromatic nitrogens is 1. The number of alkyl halides is 3. The number of carbonyl (C=O) groups is 2. The predicted octanol–water partition coefficient (Wildman–Crippen LogP) is 4.05. The van der Waals surface area contributed by atoms with E-state index >= 15 is 0 Å². The van der Waals surface area contributed by atoms with Crippen molar-refractivity contribution in [2.75, 3.05) is 11.9 Å². The summed E-state index contributed by atoms with van der Waals surface area (Å²) in [5.41, 5.74) is 0.848. The quantitative estimate of drug-likeness (QED) is 0.594. The van der Waals surface area contributed by atoms with Gasteiger partial charge in [0.15, 0.2) is 6.61 Å². The molecule has 0 spiro atoms. The predicted molar refractivity (Wildman–Crippen MR) is 107 cm³/mol. The van der Waals surface area contributed by atoms with Crippen LogP contribution in [0, 0.1) is 0 Å². The van der Waals surface area contributed by atoms with Gasteiger partial charge in [0.05, 0.1) is 5.56 Å². The molecule has 0 saturated carbocycles. The third kappa shape index (κ3) is 6.30. The van der Waals surface area contributed by atoms with E-state index < -0.39 is 30.0 Å². The molecule has 0 atom stereocenters. The molecular formula is C22H18F3N3O3. The Morgan fingerprint density at radius 2 is 1.61 bits per heavy atom. The molecule has 3 aromatic rings. The van der Waals surface area contributed by atoms with Gasteiger partial charge in [-0.3, -0.25) is 14.6 Å². The molecule has 9 heteroatoms. The Morgan fingerprint density at radius 3 is 2.29 bits per heavy atom. The zero-order valence-corrected chi connectivity index (χ0v) is 16.1. The van der Waals surface area contributed by atoms with E-state index in [0.717, 1.165) is 17.7 Å². The van der Waals surface area contributed by atoms with E-state index in [4.69, 9.17) is 4.74 Å². The summed E-state index contributed by atoms with van der Waals surface area (Å²) in [6.07, 6.45) is -1.53. The van der Waals surface area contributed by atoms with Crippen molar-refractivity contribution >= 4 is 17.5 Å². The SMILES string of the molecule is O=C(COc1ccccc1C(F)(F)F)NCc1ccc(NC(=O)c2ccncc2)cc1. The van der Waals surface area contributed by atoms with E-state index in [1.807, 2.05) is 0 Å². The lowest BCUT2D eigenvalue weighted by Crippen LogP contribution is -2.28. The first-order valence-corrected chi connectivity index (χ1v) is 9.19. The number of rotatable bonds is 7. The molecule has 2 amide bonds. The molecule has 0 fully saturated rings. The minimum Gasteiger partial charge on any atom is -0.483 e. The molecule has 1 aromatic heterocycles.